The van der Waals surface area contributed by atoms with Crippen molar-refractivity contribution in [3.63, 3.8) is 0 Å². The SMILES string of the molecule is CCN(c1cccc2c1C/C=C/CCC1=C(CNC2=O)C(=O)CC(C)=C1)C1CCN(C(C)C)CC1. The molecule has 1 aromatic rings. The molecule has 1 saturated heterocycles. The zero-order valence-electron chi connectivity index (χ0n) is 21.9. The Morgan fingerprint density at radius 3 is 2.63 bits per heavy atom. The molecule has 5 nitrogen and oxygen atoms in total. The van der Waals surface area contributed by atoms with Crippen molar-refractivity contribution in [3.8, 4) is 0 Å². The Morgan fingerprint density at radius 2 is 1.91 bits per heavy atom. The van der Waals surface area contributed by atoms with E-state index in [1.54, 1.807) is 0 Å². The highest BCUT2D eigenvalue weighted by Gasteiger charge is 2.28. The highest BCUT2D eigenvalue weighted by Crippen LogP contribution is 2.31. The summed E-state index contributed by atoms with van der Waals surface area (Å²) >= 11 is 0. The van der Waals surface area contributed by atoms with Crippen LogP contribution in [0.4, 0.5) is 5.69 Å². The summed E-state index contributed by atoms with van der Waals surface area (Å²) in [5.41, 5.74) is 5.94. The second-order valence-corrected chi connectivity index (χ2v) is 10.4. The quantitative estimate of drug-likeness (QED) is 0.607. The number of amides is 1. The molecule has 2 heterocycles. The number of fused-ring (bicyclic) bond motifs is 1. The van der Waals surface area contributed by atoms with E-state index in [1.165, 1.54) is 5.69 Å². The van der Waals surface area contributed by atoms with Crippen LogP contribution in [0.5, 0.6) is 0 Å². The number of ketones is 1. The summed E-state index contributed by atoms with van der Waals surface area (Å²) in [5.74, 6) is 0.0487. The van der Waals surface area contributed by atoms with E-state index in [0.29, 0.717) is 25.0 Å². The van der Waals surface area contributed by atoms with Crippen LogP contribution in [0.25, 0.3) is 0 Å². The van der Waals surface area contributed by atoms with Crippen molar-refractivity contribution in [2.75, 3.05) is 31.1 Å². The van der Waals surface area contributed by atoms with Gasteiger partial charge >= 0.3 is 0 Å². The van der Waals surface area contributed by atoms with Gasteiger partial charge in [-0.05, 0) is 83.1 Å². The number of hydrogen-bond donors (Lipinski definition) is 1. The smallest absolute Gasteiger partial charge is 0.251 e. The Morgan fingerprint density at radius 1 is 1.14 bits per heavy atom. The molecule has 35 heavy (non-hydrogen) atoms. The van der Waals surface area contributed by atoms with Gasteiger partial charge in [-0.3, -0.25) is 9.59 Å². The van der Waals surface area contributed by atoms with E-state index in [4.69, 9.17) is 0 Å². The van der Waals surface area contributed by atoms with E-state index in [2.05, 4.69) is 60.2 Å². The molecule has 0 saturated carbocycles. The minimum Gasteiger partial charge on any atom is -0.368 e. The first-order chi connectivity index (χ1) is 16.9. The Kier molecular flexibility index (Phi) is 8.27. The van der Waals surface area contributed by atoms with Gasteiger partial charge in [0, 0.05) is 61.5 Å². The van der Waals surface area contributed by atoms with Crippen molar-refractivity contribution < 1.29 is 9.59 Å². The lowest BCUT2D eigenvalue weighted by atomic mass is 9.89. The number of nitrogens with one attached hydrogen (secondary N) is 1. The van der Waals surface area contributed by atoms with Gasteiger partial charge in [0.15, 0.2) is 5.78 Å². The van der Waals surface area contributed by atoms with Gasteiger partial charge in [0.2, 0.25) is 0 Å². The van der Waals surface area contributed by atoms with Crippen LogP contribution in [0.3, 0.4) is 0 Å². The van der Waals surface area contributed by atoms with Gasteiger partial charge in [-0.2, -0.15) is 0 Å². The molecule has 0 unspecified atom stereocenters. The first-order valence-corrected chi connectivity index (χ1v) is 13.4. The average molecular weight is 476 g/mol. The molecule has 2 aliphatic heterocycles. The van der Waals surface area contributed by atoms with Crippen LogP contribution in [-0.2, 0) is 11.2 Å². The summed E-state index contributed by atoms with van der Waals surface area (Å²) in [6.45, 7) is 12.2. The summed E-state index contributed by atoms with van der Waals surface area (Å²) in [7, 11) is 0. The standard InChI is InChI=1S/C30H41N3O2/c1-5-33(24-14-16-32(17-15-24)21(2)3)28-13-9-12-26-25(28)11-8-6-7-10-23-18-22(4)19-29(34)27(23)20-31-30(26)35/h6,8-9,12-13,18,21,24H,5,7,10-11,14-17,19-20H2,1-4H3,(H,31,35)/b8-6+. The van der Waals surface area contributed by atoms with Crippen molar-refractivity contribution in [1.29, 1.82) is 0 Å². The molecule has 188 valence electrons. The molecule has 0 aromatic heterocycles. The number of piperidine rings is 1. The summed E-state index contributed by atoms with van der Waals surface area (Å²) in [5, 5.41) is 3.09. The molecule has 0 bridgehead atoms. The molecule has 1 aromatic carbocycles. The number of carbonyl (C=O) groups is 2. The van der Waals surface area contributed by atoms with Crippen LogP contribution in [0.1, 0.15) is 75.7 Å². The van der Waals surface area contributed by atoms with Gasteiger partial charge in [-0.15, -0.1) is 0 Å². The lowest BCUT2D eigenvalue weighted by Gasteiger charge is -2.41. The minimum absolute atomic E-state index is 0.0903. The number of likely N-dealkylation sites (tertiary alicyclic amines) is 1. The van der Waals surface area contributed by atoms with Crippen molar-refractivity contribution in [2.24, 2.45) is 0 Å². The minimum atomic E-state index is -0.0903. The molecule has 4 rings (SSSR count). The zero-order chi connectivity index (χ0) is 24.9. The van der Waals surface area contributed by atoms with Crippen LogP contribution in [0, 0.1) is 0 Å². The van der Waals surface area contributed by atoms with E-state index in [1.807, 2.05) is 19.1 Å². The molecule has 1 aliphatic carbocycles. The third-order valence-electron chi connectivity index (χ3n) is 7.80. The maximum atomic E-state index is 13.4. The summed E-state index contributed by atoms with van der Waals surface area (Å²) in [6.07, 6.45) is 11.7. The van der Waals surface area contributed by atoms with Crippen molar-refractivity contribution in [3.05, 3.63) is 64.3 Å². The van der Waals surface area contributed by atoms with E-state index < -0.39 is 0 Å². The molecule has 1 fully saturated rings. The van der Waals surface area contributed by atoms with Crippen molar-refractivity contribution in [2.45, 2.75) is 78.3 Å². The lowest BCUT2D eigenvalue weighted by molar-refractivity contribution is -0.115. The molecular formula is C30H41N3O2. The molecular weight excluding hydrogens is 434 g/mol. The number of hydrogen-bond acceptors (Lipinski definition) is 4. The maximum Gasteiger partial charge on any atom is 0.251 e. The Labute approximate surface area is 210 Å². The average Bonchev–Trinajstić information content (AvgIpc) is 2.83. The fourth-order valence-corrected chi connectivity index (χ4v) is 5.84. The fourth-order valence-electron chi connectivity index (χ4n) is 5.84. The zero-order valence-corrected chi connectivity index (χ0v) is 21.9. The molecule has 1 amide bonds. The van der Waals surface area contributed by atoms with E-state index in [-0.39, 0.29) is 11.7 Å². The second-order valence-electron chi connectivity index (χ2n) is 10.4. The van der Waals surface area contributed by atoms with Crippen LogP contribution < -0.4 is 10.2 Å². The molecule has 5 heteroatoms. The lowest BCUT2D eigenvalue weighted by Crippen LogP contribution is -2.47. The highest BCUT2D eigenvalue weighted by atomic mass is 16.2. The largest absolute Gasteiger partial charge is 0.368 e. The molecule has 0 atom stereocenters. The maximum absolute atomic E-state index is 13.4. The Hall–Kier alpha value is -2.66. The molecule has 1 N–H and O–H groups in total. The second kappa shape index (κ2) is 11.4. The third kappa shape index (κ3) is 5.78. The number of benzene rings is 1. The molecule has 3 aliphatic rings. The number of Topliss-reactive ketones (excluding diaryl/α,β-unsaturated/α-hetero) is 1. The first kappa shape index (κ1) is 25.4. The fraction of sp³-hybridized carbons (Fsp3) is 0.533. The van der Waals surface area contributed by atoms with Crippen LogP contribution >= 0.6 is 0 Å². The molecule has 0 radical (unpaired) electrons. The first-order valence-electron chi connectivity index (χ1n) is 13.4. The van der Waals surface area contributed by atoms with Gasteiger partial charge < -0.3 is 15.1 Å². The number of nitrogens with zero attached hydrogens (tertiary/aromatic N) is 2. The van der Waals surface area contributed by atoms with Crippen molar-refractivity contribution in [1.82, 2.24) is 10.2 Å². The van der Waals surface area contributed by atoms with Gasteiger partial charge in [0.1, 0.15) is 0 Å². The third-order valence-corrected chi connectivity index (χ3v) is 7.80. The highest BCUT2D eigenvalue weighted by molar-refractivity contribution is 6.02. The van der Waals surface area contributed by atoms with Gasteiger partial charge in [-0.25, -0.2) is 0 Å². The van der Waals surface area contributed by atoms with E-state index in [9.17, 15) is 9.59 Å². The topological polar surface area (TPSA) is 52.7 Å². The number of anilines is 1. The Balaban J connectivity index is 1.63. The van der Waals surface area contributed by atoms with Crippen molar-refractivity contribution >= 4 is 17.4 Å². The Bertz CT molecular complexity index is 1040. The monoisotopic (exact) mass is 475 g/mol. The molecule has 0 spiro atoms. The normalized spacial score (nSPS) is 21.5. The van der Waals surface area contributed by atoms with Crippen LogP contribution in [0.15, 0.2) is 53.1 Å². The number of allylic oxidation sites excluding steroid dienone is 5. The van der Waals surface area contributed by atoms with Gasteiger partial charge in [-0.1, -0.05) is 29.9 Å². The number of rotatable bonds is 4. The predicted octanol–water partition coefficient (Wildman–Crippen LogP) is 5.22. The van der Waals surface area contributed by atoms with Gasteiger partial charge in [0.25, 0.3) is 5.91 Å². The van der Waals surface area contributed by atoms with E-state index >= 15 is 0 Å². The van der Waals surface area contributed by atoms with E-state index in [0.717, 1.165) is 79.6 Å². The van der Waals surface area contributed by atoms with Crippen LogP contribution in [0.2, 0.25) is 0 Å². The van der Waals surface area contributed by atoms with Crippen LogP contribution in [-0.4, -0.2) is 54.9 Å². The summed E-state index contributed by atoms with van der Waals surface area (Å²) in [4.78, 5) is 31.2. The number of carbonyl (C=O) groups excluding carboxylic acids is 2. The summed E-state index contributed by atoms with van der Waals surface area (Å²) in [6, 6.07) is 7.20. The van der Waals surface area contributed by atoms with Gasteiger partial charge in [0.05, 0.1) is 0 Å². The predicted molar refractivity (Wildman–Crippen MR) is 144 cm³/mol. The summed E-state index contributed by atoms with van der Waals surface area (Å²) < 4.78 is 0.